The van der Waals surface area contributed by atoms with E-state index in [0.717, 1.165) is 51.9 Å². The highest BCUT2D eigenvalue weighted by atomic mass is 16.5. The number of carbonyl (C=O) groups excluding carboxylic acids is 2. The van der Waals surface area contributed by atoms with Crippen LogP contribution in [0.2, 0.25) is 0 Å². The van der Waals surface area contributed by atoms with E-state index in [0.29, 0.717) is 13.1 Å². The molecule has 0 saturated carbocycles. The van der Waals surface area contributed by atoms with Crippen LogP contribution in [0.25, 0.3) is 0 Å². The number of nitrogens with one attached hydrogen (secondary N) is 1. The monoisotopic (exact) mass is 385 g/mol. The fourth-order valence-corrected chi connectivity index (χ4v) is 4.83. The van der Waals surface area contributed by atoms with Crippen molar-refractivity contribution in [1.29, 1.82) is 0 Å². The Morgan fingerprint density at radius 3 is 2.79 bits per heavy atom. The zero-order valence-corrected chi connectivity index (χ0v) is 16.8. The lowest BCUT2D eigenvalue weighted by Gasteiger charge is -2.40. The van der Waals surface area contributed by atoms with Gasteiger partial charge in [-0.1, -0.05) is 29.8 Å². The zero-order chi connectivity index (χ0) is 19.6. The van der Waals surface area contributed by atoms with Gasteiger partial charge in [-0.25, -0.2) is 0 Å². The van der Waals surface area contributed by atoms with Crippen LogP contribution in [-0.4, -0.2) is 66.0 Å². The Kier molecular flexibility index (Phi) is 5.69. The van der Waals surface area contributed by atoms with E-state index >= 15 is 0 Å². The molecule has 1 atom stereocenters. The van der Waals surface area contributed by atoms with Crippen molar-refractivity contribution in [1.82, 2.24) is 15.1 Å². The fourth-order valence-electron chi connectivity index (χ4n) is 4.83. The largest absolute Gasteiger partial charge is 0.375 e. The molecular weight excluding hydrogens is 354 g/mol. The van der Waals surface area contributed by atoms with E-state index in [-0.39, 0.29) is 29.9 Å². The van der Waals surface area contributed by atoms with Crippen LogP contribution in [0, 0.1) is 6.92 Å². The number of ether oxygens (including phenoxy) is 1. The Labute approximate surface area is 167 Å². The summed E-state index contributed by atoms with van der Waals surface area (Å²) < 4.78 is 5.96. The Hall–Kier alpha value is -1.92. The lowest BCUT2D eigenvalue weighted by molar-refractivity contribution is -0.142. The van der Waals surface area contributed by atoms with Crippen molar-refractivity contribution in [3.05, 3.63) is 35.4 Å². The predicted molar refractivity (Wildman–Crippen MR) is 107 cm³/mol. The summed E-state index contributed by atoms with van der Waals surface area (Å²) in [5.74, 6) is 0.0593. The summed E-state index contributed by atoms with van der Waals surface area (Å²) in [4.78, 5) is 29.6. The third-order valence-corrected chi connectivity index (χ3v) is 6.49. The third kappa shape index (κ3) is 4.23. The van der Waals surface area contributed by atoms with Crippen molar-refractivity contribution >= 4 is 11.8 Å². The molecule has 4 rings (SSSR count). The average Bonchev–Trinajstić information content (AvgIpc) is 3.13. The molecule has 1 aromatic rings. The second-order valence-electron chi connectivity index (χ2n) is 8.49. The van der Waals surface area contributed by atoms with Gasteiger partial charge in [0.1, 0.15) is 0 Å². The minimum atomic E-state index is -0.389. The summed E-state index contributed by atoms with van der Waals surface area (Å²) >= 11 is 0. The number of amides is 2. The van der Waals surface area contributed by atoms with Crippen LogP contribution in [0.5, 0.6) is 0 Å². The van der Waals surface area contributed by atoms with E-state index in [2.05, 4.69) is 35.3 Å². The van der Waals surface area contributed by atoms with Gasteiger partial charge in [-0.05, 0) is 38.2 Å². The summed E-state index contributed by atoms with van der Waals surface area (Å²) in [6.45, 7) is 6.52. The molecule has 0 aromatic heterocycles. The summed E-state index contributed by atoms with van der Waals surface area (Å²) in [7, 11) is 0. The predicted octanol–water partition coefficient (Wildman–Crippen LogP) is 1.86. The number of likely N-dealkylation sites (tertiary alicyclic amines) is 1. The molecule has 6 heteroatoms. The van der Waals surface area contributed by atoms with Crippen molar-refractivity contribution in [3.8, 4) is 0 Å². The first-order valence-electron chi connectivity index (χ1n) is 10.5. The van der Waals surface area contributed by atoms with Crippen LogP contribution in [0.15, 0.2) is 24.3 Å². The summed E-state index contributed by atoms with van der Waals surface area (Å²) in [5.41, 5.74) is 2.41. The van der Waals surface area contributed by atoms with Gasteiger partial charge in [0, 0.05) is 39.3 Å². The number of hydrogen-bond acceptors (Lipinski definition) is 4. The van der Waals surface area contributed by atoms with Gasteiger partial charge in [-0.3, -0.25) is 14.5 Å². The number of aryl methyl sites for hydroxylation is 1. The maximum absolute atomic E-state index is 12.9. The molecule has 152 valence electrons. The number of hydrogen-bond donors (Lipinski definition) is 1. The SMILES string of the molecule is Cc1cccc(CN2CCNC(=O)C2CC(=O)N2CCC3(CCCO3)CC2)c1. The molecule has 1 unspecified atom stereocenters. The number of piperidine rings is 1. The van der Waals surface area contributed by atoms with Gasteiger partial charge in [0.15, 0.2) is 0 Å². The smallest absolute Gasteiger partial charge is 0.237 e. The van der Waals surface area contributed by atoms with E-state index in [1.165, 1.54) is 11.1 Å². The highest BCUT2D eigenvalue weighted by molar-refractivity contribution is 5.88. The number of nitrogens with zero attached hydrogens (tertiary/aromatic N) is 2. The number of carbonyl (C=O) groups is 2. The van der Waals surface area contributed by atoms with Crippen LogP contribution >= 0.6 is 0 Å². The van der Waals surface area contributed by atoms with Crippen LogP contribution in [0.3, 0.4) is 0 Å². The van der Waals surface area contributed by atoms with Gasteiger partial charge < -0.3 is 15.0 Å². The first kappa shape index (κ1) is 19.4. The molecular formula is C22H31N3O3. The molecule has 0 radical (unpaired) electrons. The highest BCUT2D eigenvalue weighted by Crippen LogP contribution is 2.35. The Bertz CT molecular complexity index is 719. The molecule has 1 spiro atoms. The Balaban J connectivity index is 1.38. The quantitative estimate of drug-likeness (QED) is 0.859. The Morgan fingerprint density at radius 1 is 1.25 bits per heavy atom. The van der Waals surface area contributed by atoms with E-state index < -0.39 is 0 Å². The van der Waals surface area contributed by atoms with Gasteiger partial charge in [-0.2, -0.15) is 0 Å². The van der Waals surface area contributed by atoms with E-state index in [9.17, 15) is 9.59 Å². The molecule has 0 bridgehead atoms. The minimum Gasteiger partial charge on any atom is -0.375 e. The van der Waals surface area contributed by atoms with Crippen molar-refractivity contribution in [2.24, 2.45) is 0 Å². The minimum absolute atomic E-state index is 0.0101. The lowest BCUT2D eigenvalue weighted by atomic mass is 9.88. The van der Waals surface area contributed by atoms with Gasteiger partial charge >= 0.3 is 0 Å². The molecule has 6 nitrogen and oxygen atoms in total. The maximum Gasteiger partial charge on any atom is 0.237 e. The Morgan fingerprint density at radius 2 is 2.07 bits per heavy atom. The van der Waals surface area contributed by atoms with Crippen molar-refractivity contribution in [2.75, 3.05) is 32.8 Å². The van der Waals surface area contributed by atoms with Crippen LogP contribution in [0.1, 0.15) is 43.2 Å². The van der Waals surface area contributed by atoms with Gasteiger partial charge in [-0.15, -0.1) is 0 Å². The second-order valence-corrected chi connectivity index (χ2v) is 8.49. The summed E-state index contributed by atoms with van der Waals surface area (Å²) in [6.07, 6.45) is 4.34. The number of piperazine rings is 1. The second kappa shape index (κ2) is 8.21. The molecule has 3 fully saturated rings. The zero-order valence-electron chi connectivity index (χ0n) is 16.8. The average molecular weight is 386 g/mol. The van der Waals surface area contributed by atoms with Gasteiger partial charge in [0.25, 0.3) is 0 Å². The molecule has 0 aliphatic carbocycles. The molecule has 3 heterocycles. The van der Waals surface area contributed by atoms with E-state index in [1.807, 2.05) is 11.0 Å². The molecule has 3 aliphatic heterocycles. The lowest BCUT2D eigenvalue weighted by Crippen LogP contribution is -2.57. The first-order chi connectivity index (χ1) is 13.5. The van der Waals surface area contributed by atoms with Gasteiger partial charge in [0.05, 0.1) is 18.1 Å². The third-order valence-electron chi connectivity index (χ3n) is 6.49. The molecule has 3 saturated heterocycles. The molecule has 3 aliphatic rings. The van der Waals surface area contributed by atoms with Gasteiger partial charge in [0.2, 0.25) is 11.8 Å². The molecule has 2 amide bonds. The number of benzene rings is 1. The topological polar surface area (TPSA) is 61.9 Å². The molecule has 28 heavy (non-hydrogen) atoms. The van der Waals surface area contributed by atoms with Crippen molar-refractivity contribution in [2.45, 2.75) is 57.2 Å². The fraction of sp³-hybridized carbons (Fsp3) is 0.636. The van der Waals surface area contributed by atoms with E-state index in [1.54, 1.807) is 0 Å². The van der Waals surface area contributed by atoms with Crippen LogP contribution in [-0.2, 0) is 20.9 Å². The summed E-state index contributed by atoms with van der Waals surface area (Å²) in [6, 6.07) is 7.97. The van der Waals surface area contributed by atoms with Crippen LogP contribution in [0.4, 0.5) is 0 Å². The maximum atomic E-state index is 12.9. The van der Waals surface area contributed by atoms with Crippen LogP contribution < -0.4 is 5.32 Å². The summed E-state index contributed by atoms with van der Waals surface area (Å²) in [5, 5.41) is 2.94. The number of rotatable bonds is 4. The standard InChI is InChI=1S/C22H31N3O3/c1-17-4-2-5-18(14-17)16-25-12-9-23-21(27)19(25)15-20(26)24-10-7-22(8-11-24)6-3-13-28-22/h2,4-5,14,19H,3,6-13,15-16H2,1H3,(H,23,27). The first-order valence-corrected chi connectivity index (χ1v) is 10.5. The normalized spacial score (nSPS) is 25.1. The molecule has 1 N–H and O–H groups in total. The van der Waals surface area contributed by atoms with E-state index in [4.69, 9.17) is 4.74 Å². The highest BCUT2D eigenvalue weighted by Gasteiger charge is 2.40. The van der Waals surface area contributed by atoms with Crippen molar-refractivity contribution in [3.63, 3.8) is 0 Å². The molecule has 1 aromatic carbocycles. The van der Waals surface area contributed by atoms with Crippen molar-refractivity contribution < 1.29 is 14.3 Å².